The summed E-state index contributed by atoms with van der Waals surface area (Å²) in [5.74, 6) is 1.57. The first kappa shape index (κ1) is 15.2. The standard InChI is InChI=1S/C14H17N5OS2/c1-11-16-17-14(22-11)21-10-13(20)19-8-6-18(7-9-19)12-4-2-3-5-15-12/h2-5H,6-10H2,1H3. The molecule has 1 saturated heterocycles. The molecule has 2 aromatic heterocycles. The van der Waals surface area contributed by atoms with E-state index >= 15 is 0 Å². The van der Waals surface area contributed by atoms with E-state index in [1.54, 1.807) is 6.20 Å². The summed E-state index contributed by atoms with van der Waals surface area (Å²) in [4.78, 5) is 20.7. The Labute approximate surface area is 137 Å². The maximum Gasteiger partial charge on any atom is 0.233 e. The maximum absolute atomic E-state index is 12.2. The number of anilines is 1. The van der Waals surface area contributed by atoms with E-state index in [1.165, 1.54) is 23.1 Å². The fourth-order valence-corrected chi connectivity index (χ4v) is 4.00. The van der Waals surface area contributed by atoms with E-state index < -0.39 is 0 Å². The summed E-state index contributed by atoms with van der Waals surface area (Å²) < 4.78 is 0.859. The number of piperazine rings is 1. The summed E-state index contributed by atoms with van der Waals surface area (Å²) >= 11 is 3.00. The largest absolute Gasteiger partial charge is 0.353 e. The fourth-order valence-electron chi connectivity index (χ4n) is 2.28. The predicted octanol–water partition coefficient (Wildman–Crippen LogP) is 1.68. The van der Waals surface area contributed by atoms with Crippen LogP contribution in [-0.4, -0.2) is 57.9 Å². The van der Waals surface area contributed by atoms with Crippen molar-refractivity contribution in [3.8, 4) is 0 Å². The lowest BCUT2D eigenvalue weighted by Crippen LogP contribution is -2.49. The number of thioether (sulfide) groups is 1. The van der Waals surface area contributed by atoms with Gasteiger partial charge < -0.3 is 9.80 Å². The van der Waals surface area contributed by atoms with Crippen LogP contribution < -0.4 is 4.90 Å². The van der Waals surface area contributed by atoms with Crippen molar-refractivity contribution in [3.05, 3.63) is 29.4 Å². The number of amides is 1. The van der Waals surface area contributed by atoms with Gasteiger partial charge in [-0.3, -0.25) is 4.79 Å². The van der Waals surface area contributed by atoms with Gasteiger partial charge in [-0.05, 0) is 19.1 Å². The zero-order valence-electron chi connectivity index (χ0n) is 12.3. The van der Waals surface area contributed by atoms with Crippen LogP contribution in [0.4, 0.5) is 5.82 Å². The van der Waals surface area contributed by atoms with Crippen molar-refractivity contribution in [2.45, 2.75) is 11.3 Å². The highest BCUT2D eigenvalue weighted by molar-refractivity contribution is 8.01. The fraction of sp³-hybridized carbons (Fsp3) is 0.429. The molecule has 6 nitrogen and oxygen atoms in total. The van der Waals surface area contributed by atoms with Crippen LogP contribution in [0.2, 0.25) is 0 Å². The average molecular weight is 335 g/mol. The Balaban J connectivity index is 1.47. The zero-order valence-corrected chi connectivity index (χ0v) is 13.9. The van der Waals surface area contributed by atoms with Gasteiger partial charge in [0.05, 0.1) is 5.75 Å². The Bertz CT molecular complexity index is 625. The highest BCUT2D eigenvalue weighted by Crippen LogP contribution is 2.22. The average Bonchev–Trinajstić information content (AvgIpc) is 2.99. The minimum atomic E-state index is 0.165. The second-order valence-electron chi connectivity index (χ2n) is 4.93. The number of hydrogen-bond donors (Lipinski definition) is 0. The SMILES string of the molecule is Cc1nnc(SCC(=O)N2CCN(c3ccccn3)CC2)s1. The molecule has 0 saturated carbocycles. The molecule has 0 spiro atoms. The predicted molar refractivity (Wildman–Crippen MR) is 88.4 cm³/mol. The molecule has 0 radical (unpaired) electrons. The lowest BCUT2D eigenvalue weighted by molar-refractivity contribution is -0.128. The summed E-state index contributed by atoms with van der Waals surface area (Å²) in [6.45, 7) is 5.05. The third-order valence-corrected chi connectivity index (χ3v) is 5.39. The van der Waals surface area contributed by atoms with E-state index in [9.17, 15) is 4.79 Å². The van der Waals surface area contributed by atoms with Crippen LogP contribution in [0.3, 0.4) is 0 Å². The van der Waals surface area contributed by atoms with Gasteiger partial charge in [-0.1, -0.05) is 29.2 Å². The third-order valence-electron chi connectivity index (χ3n) is 3.43. The minimum absolute atomic E-state index is 0.165. The van der Waals surface area contributed by atoms with Gasteiger partial charge in [0.25, 0.3) is 0 Å². The van der Waals surface area contributed by atoms with Crippen molar-refractivity contribution in [1.82, 2.24) is 20.1 Å². The molecule has 3 heterocycles. The number of aromatic nitrogens is 3. The molecular formula is C14H17N5OS2. The summed E-state index contributed by atoms with van der Waals surface area (Å²) in [5.41, 5.74) is 0. The van der Waals surface area contributed by atoms with Gasteiger partial charge in [-0.25, -0.2) is 4.98 Å². The first-order chi connectivity index (χ1) is 10.7. The van der Waals surface area contributed by atoms with Crippen LogP contribution in [0.25, 0.3) is 0 Å². The maximum atomic E-state index is 12.2. The van der Waals surface area contributed by atoms with Crippen LogP contribution in [-0.2, 0) is 4.79 Å². The van der Waals surface area contributed by atoms with Crippen molar-refractivity contribution >= 4 is 34.8 Å². The Morgan fingerprint density at radius 2 is 2.09 bits per heavy atom. The van der Waals surface area contributed by atoms with Crippen molar-refractivity contribution in [2.75, 3.05) is 36.8 Å². The number of carbonyl (C=O) groups is 1. The van der Waals surface area contributed by atoms with Gasteiger partial charge in [0.1, 0.15) is 10.8 Å². The first-order valence-corrected chi connectivity index (χ1v) is 8.89. The molecule has 8 heteroatoms. The smallest absolute Gasteiger partial charge is 0.233 e. The van der Waals surface area contributed by atoms with Crippen molar-refractivity contribution < 1.29 is 4.79 Å². The molecule has 0 atom stereocenters. The number of rotatable bonds is 4. The first-order valence-electron chi connectivity index (χ1n) is 7.09. The van der Waals surface area contributed by atoms with E-state index in [1.807, 2.05) is 30.0 Å². The highest BCUT2D eigenvalue weighted by atomic mass is 32.2. The third kappa shape index (κ3) is 3.75. The van der Waals surface area contributed by atoms with Crippen LogP contribution in [0.5, 0.6) is 0 Å². The molecule has 1 amide bonds. The Morgan fingerprint density at radius 1 is 1.27 bits per heavy atom. The topological polar surface area (TPSA) is 62.2 Å². The molecule has 0 aromatic carbocycles. The van der Waals surface area contributed by atoms with Crippen LogP contribution in [0, 0.1) is 6.92 Å². The summed E-state index contributed by atoms with van der Waals surface area (Å²) in [6.07, 6.45) is 1.80. The summed E-state index contributed by atoms with van der Waals surface area (Å²) in [6, 6.07) is 5.90. The minimum Gasteiger partial charge on any atom is -0.353 e. The van der Waals surface area contributed by atoms with Crippen LogP contribution in [0.15, 0.2) is 28.7 Å². The molecule has 0 unspecified atom stereocenters. The van der Waals surface area contributed by atoms with Crippen LogP contribution >= 0.6 is 23.1 Å². The van der Waals surface area contributed by atoms with Gasteiger partial charge in [-0.15, -0.1) is 10.2 Å². The van der Waals surface area contributed by atoms with E-state index in [0.717, 1.165) is 41.3 Å². The summed E-state index contributed by atoms with van der Waals surface area (Å²) in [7, 11) is 0. The molecule has 116 valence electrons. The number of nitrogens with zero attached hydrogens (tertiary/aromatic N) is 5. The molecular weight excluding hydrogens is 318 g/mol. The Hall–Kier alpha value is -1.67. The number of hydrogen-bond acceptors (Lipinski definition) is 7. The van der Waals surface area contributed by atoms with Crippen LogP contribution in [0.1, 0.15) is 5.01 Å². The zero-order chi connectivity index (χ0) is 15.4. The van der Waals surface area contributed by atoms with Gasteiger partial charge in [0.2, 0.25) is 5.91 Å². The number of carbonyl (C=O) groups excluding carboxylic acids is 1. The number of pyridine rings is 1. The van der Waals surface area contributed by atoms with E-state index in [0.29, 0.717) is 5.75 Å². The molecule has 0 N–H and O–H groups in total. The van der Waals surface area contributed by atoms with E-state index in [2.05, 4.69) is 20.1 Å². The Kier molecular flexibility index (Phi) is 4.89. The molecule has 0 bridgehead atoms. The lowest BCUT2D eigenvalue weighted by atomic mass is 10.3. The molecule has 3 rings (SSSR count). The quantitative estimate of drug-likeness (QED) is 0.792. The normalized spacial score (nSPS) is 15.1. The molecule has 1 aliphatic heterocycles. The van der Waals surface area contributed by atoms with Crippen molar-refractivity contribution in [3.63, 3.8) is 0 Å². The lowest BCUT2D eigenvalue weighted by Gasteiger charge is -2.35. The molecule has 0 aliphatic carbocycles. The van der Waals surface area contributed by atoms with Crippen molar-refractivity contribution in [2.24, 2.45) is 0 Å². The van der Waals surface area contributed by atoms with Gasteiger partial charge in [-0.2, -0.15) is 0 Å². The molecule has 1 aliphatic rings. The van der Waals surface area contributed by atoms with E-state index in [4.69, 9.17) is 0 Å². The molecule has 1 fully saturated rings. The van der Waals surface area contributed by atoms with Gasteiger partial charge >= 0.3 is 0 Å². The monoisotopic (exact) mass is 335 g/mol. The highest BCUT2D eigenvalue weighted by Gasteiger charge is 2.22. The number of aryl methyl sites for hydroxylation is 1. The molecule has 22 heavy (non-hydrogen) atoms. The summed E-state index contributed by atoms with van der Waals surface area (Å²) in [5, 5.41) is 8.92. The Morgan fingerprint density at radius 3 is 2.73 bits per heavy atom. The van der Waals surface area contributed by atoms with Crippen molar-refractivity contribution in [1.29, 1.82) is 0 Å². The van der Waals surface area contributed by atoms with E-state index in [-0.39, 0.29) is 5.91 Å². The second-order valence-corrected chi connectivity index (χ2v) is 7.34. The van der Waals surface area contributed by atoms with Gasteiger partial charge in [0, 0.05) is 32.4 Å². The second kappa shape index (κ2) is 7.06. The van der Waals surface area contributed by atoms with Gasteiger partial charge in [0.15, 0.2) is 4.34 Å². The molecule has 2 aromatic rings.